The van der Waals surface area contributed by atoms with Gasteiger partial charge >= 0.3 is 0 Å². The van der Waals surface area contributed by atoms with E-state index in [2.05, 4.69) is 16.9 Å². The standard InChI is InChI=1S/C17H14ClN3O/c1-2-10-21-16(22)14-11-12(18)8-9-15(14)20-17(21)19-13-6-4-3-5-7-13/h2-9,11H,1,10H2,(H,19,20). The average Bonchev–Trinajstić information content (AvgIpc) is 2.53. The Morgan fingerprint density at radius 3 is 2.73 bits per heavy atom. The van der Waals surface area contributed by atoms with Crippen LogP contribution in [-0.4, -0.2) is 9.55 Å². The highest BCUT2D eigenvalue weighted by Gasteiger charge is 2.10. The van der Waals surface area contributed by atoms with E-state index in [1.165, 1.54) is 0 Å². The second-order valence-corrected chi connectivity index (χ2v) is 5.23. The van der Waals surface area contributed by atoms with Crippen molar-refractivity contribution in [3.8, 4) is 0 Å². The number of benzene rings is 2. The van der Waals surface area contributed by atoms with Crippen molar-refractivity contribution in [2.75, 3.05) is 5.32 Å². The van der Waals surface area contributed by atoms with Gasteiger partial charge in [0.05, 0.1) is 10.9 Å². The molecule has 0 fully saturated rings. The number of nitrogens with zero attached hydrogens (tertiary/aromatic N) is 2. The molecule has 0 aliphatic heterocycles. The molecule has 0 aliphatic rings. The zero-order chi connectivity index (χ0) is 15.5. The van der Waals surface area contributed by atoms with Crippen LogP contribution in [0.4, 0.5) is 11.6 Å². The zero-order valence-electron chi connectivity index (χ0n) is 11.8. The minimum absolute atomic E-state index is 0.147. The number of hydrogen-bond acceptors (Lipinski definition) is 3. The summed E-state index contributed by atoms with van der Waals surface area (Å²) in [5.41, 5.74) is 1.32. The Hall–Kier alpha value is -2.59. The van der Waals surface area contributed by atoms with E-state index in [-0.39, 0.29) is 5.56 Å². The lowest BCUT2D eigenvalue weighted by Crippen LogP contribution is -2.23. The lowest BCUT2D eigenvalue weighted by molar-refractivity contribution is 0.781. The maximum atomic E-state index is 12.7. The molecule has 5 heteroatoms. The Morgan fingerprint density at radius 2 is 2.00 bits per heavy atom. The molecule has 0 unspecified atom stereocenters. The van der Waals surface area contributed by atoms with E-state index in [1.54, 1.807) is 28.8 Å². The first kappa shape index (κ1) is 14.4. The Labute approximate surface area is 132 Å². The van der Waals surface area contributed by atoms with Gasteiger partial charge in [-0.2, -0.15) is 0 Å². The third-order valence-electron chi connectivity index (χ3n) is 3.26. The summed E-state index contributed by atoms with van der Waals surface area (Å²) in [7, 11) is 0. The van der Waals surface area contributed by atoms with Gasteiger partial charge in [0.2, 0.25) is 5.95 Å². The molecule has 4 nitrogen and oxygen atoms in total. The fourth-order valence-electron chi connectivity index (χ4n) is 2.24. The Balaban J connectivity index is 2.19. The maximum absolute atomic E-state index is 12.7. The number of anilines is 2. The van der Waals surface area contributed by atoms with Crippen molar-refractivity contribution >= 4 is 34.1 Å². The van der Waals surface area contributed by atoms with Crippen molar-refractivity contribution in [2.24, 2.45) is 0 Å². The molecule has 0 radical (unpaired) electrons. The molecule has 3 rings (SSSR count). The molecular formula is C17H14ClN3O. The molecule has 0 bridgehead atoms. The topological polar surface area (TPSA) is 46.9 Å². The second kappa shape index (κ2) is 6.03. The van der Waals surface area contributed by atoms with Crippen LogP contribution >= 0.6 is 11.6 Å². The predicted molar refractivity (Wildman–Crippen MR) is 90.9 cm³/mol. The molecule has 1 aromatic heterocycles. The molecule has 0 aliphatic carbocycles. The average molecular weight is 312 g/mol. The number of allylic oxidation sites excluding steroid dienone is 1. The highest BCUT2D eigenvalue weighted by atomic mass is 35.5. The van der Waals surface area contributed by atoms with Crippen LogP contribution in [0.2, 0.25) is 5.02 Å². The van der Waals surface area contributed by atoms with Crippen molar-refractivity contribution in [2.45, 2.75) is 6.54 Å². The Kier molecular flexibility index (Phi) is 3.94. The van der Waals surface area contributed by atoms with Crippen LogP contribution in [0.3, 0.4) is 0 Å². The third kappa shape index (κ3) is 2.73. The minimum atomic E-state index is -0.147. The quantitative estimate of drug-likeness (QED) is 0.741. The summed E-state index contributed by atoms with van der Waals surface area (Å²) >= 11 is 5.98. The first-order valence-electron chi connectivity index (χ1n) is 6.82. The van der Waals surface area contributed by atoms with E-state index in [0.717, 1.165) is 5.69 Å². The number of halogens is 1. The van der Waals surface area contributed by atoms with Gasteiger partial charge in [0, 0.05) is 17.3 Å². The van der Waals surface area contributed by atoms with E-state index in [4.69, 9.17) is 11.6 Å². The molecule has 0 spiro atoms. The predicted octanol–water partition coefficient (Wildman–Crippen LogP) is 3.98. The zero-order valence-corrected chi connectivity index (χ0v) is 12.5. The minimum Gasteiger partial charge on any atom is -0.326 e. The number of hydrogen-bond donors (Lipinski definition) is 1. The molecule has 22 heavy (non-hydrogen) atoms. The second-order valence-electron chi connectivity index (χ2n) is 4.79. The summed E-state index contributed by atoms with van der Waals surface area (Å²) in [6.45, 7) is 4.07. The van der Waals surface area contributed by atoms with E-state index < -0.39 is 0 Å². The highest BCUT2D eigenvalue weighted by Crippen LogP contribution is 2.19. The first-order valence-corrected chi connectivity index (χ1v) is 7.20. The summed E-state index contributed by atoms with van der Waals surface area (Å²) in [4.78, 5) is 17.2. The molecule has 2 aromatic carbocycles. The van der Waals surface area contributed by atoms with Gasteiger partial charge in [0.15, 0.2) is 0 Å². The number of aromatic nitrogens is 2. The molecule has 0 saturated heterocycles. The van der Waals surface area contributed by atoms with Crippen LogP contribution < -0.4 is 10.9 Å². The van der Waals surface area contributed by atoms with E-state index in [1.807, 2.05) is 30.3 Å². The molecule has 0 saturated carbocycles. The van der Waals surface area contributed by atoms with Crippen molar-refractivity contribution in [3.63, 3.8) is 0 Å². The Bertz CT molecular complexity index is 888. The lowest BCUT2D eigenvalue weighted by atomic mass is 10.2. The van der Waals surface area contributed by atoms with Gasteiger partial charge < -0.3 is 5.32 Å². The first-order chi connectivity index (χ1) is 10.7. The van der Waals surface area contributed by atoms with E-state index >= 15 is 0 Å². The van der Waals surface area contributed by atoms with Crippen molar-refractivity contribution in [1.29, 1.82) is 0 Å². The van der Waals surface area contributed by atoms with Crippen LogP contribution in [0.5, 0.6) is 0 Å². The van der Waals surface area contributed by atoms with Gasteiger partial charge in [-0.05, 0) is 30.3 Å². The van der Waals surface area contributed by atoms with Crippen LogP contribution in [-0.2, 0) is 6.54 Å². The summed E-state index contributed by atoms with van der Waals surface area (Å²) in [5.74, 6) is 0.478. The molecule has 0 amide bonds. The molecule has 110 valence electrons. The SMILES string of the molecule is C=CCn1c(Nc2ccccc2)nc2ccc(Cl)cc2c1=O. The maximum Gasteiger partial charge on any atom is 0.263 e. The van der Waals surface area contributed by atoms with Crippen LogP contribution in [0, 0.1) is 0 Å². The number of rotatable bonds is 4. The van der Waals surface area contributed by atoms with Crippen molar-refractivity contribution < 1.29 is 0 Å². The lowest BCUT2D eigenvalue weighted by Gasteiger charge is -2.13. The van der Waals surface area contributed by atoms with Crippen LogP contribution in [0.25, 0.3) is 10.9 Å². The van der Waals surface area contributed by atoms with Crippen LogP contribution in [0.15, 0.2) is 66.0 Å². The van der Waals surface area contributed by atoms with E-state index in [9.17, 15) is 4.79 Å². The highest BCUT2D eigenvalue weighted by molar-refractivity contribution is 6.31. The van der Waals surface area contributed by atoms with Crippen molar-refractivity contribution in [3.05, 3.63) is 76.6 Å². The van der Waals surface area contributed by atoms with Gasteiger partial charge in [-0.25, -0.2) is 4.98 Å². The van der Waals surface area contributed by atoms with E-state index in [0.29, 0.717) is 28.4 Å². The van der Waals surface area contributed by atoms with Crippen molar-refractivity contribution in [1.82, 2.24) is 9.55 Å². The fraction of sp³-hybridized carbons (Fsp3) is 0.0588. The molecule has 1 heterocycles. The number of nitrogens with one attached hydrogen (secondary N) is 1. The van der Waals surface area contributed by atoms with Gasteiger partial charge in [0.25, 0.3) is 5.56 Å². The van der Waals surface area contributed by atoms with Gasteiger partial charge in [0.1, 0.15) is 0 Å². The van der Waals surface area contributed by atoms with Gasteiger partial charge in [-0.3, -0.25) is 9.36 Å². The molecule has 1 N–H and O–H groups in total. The molecular weight excluding hydrogens is 298 g/mol. The summed E-state index contributed by atoms with van der Waals surface area (Å²) < 4.78 is 1.54. The fourth-order valence-corrected chi connectivity index (χ4v) is 2.41. The smallest absolute Gasteiger partial charge is 0.263 e. The van der Waals surface area contributed by atoms with Crippen LogP contribution in [0.1, 0.15) is 0 Å². The summed E-state index contributed by atoms with van der Waals surface area (Å²) in [5, 5.41) is 4.18. The Morgan fingerprint density at radius 1 is 1.23 bits per heavy atom. The summed E-state index contributed by atoms with van der Waals surface area (Å²) in [6, 6.07) is 14.7. The number of para-hydroxylation sites is 1. The largest absolute Gasteiger partial charge is 0.326 e. The molecule has 3 aromatic rings. The summed E-state index contributed by atoms with van der Waals surface area (Å²) in [6.07, 6.45) is 1.66. The van der Waals surface area contributed by atoms with Gasteiger partial charge in [-0.15, -0.1) is 6.58 Å². The molecule has 0 atom stereocenters. The third-order valence-corrected chi connectivity index (χ3v) is 3.49. The normalized spacial score (nSPS) is 10.6. The monoisotopic (exact) mass is 311 g/mol. The number of fused-ring (bicyclic) bond motifs is 1. The van der Waals surface area contributed by atoms with Gasteiger partial charge in [-0.1, -0.05) is 35.9 Å².